The fraction of sp³-hybridized carbons (Fsp3) is 0.538. The van der Waals surface area contributed by atoms with E-state index in [1.54, 1.807) is 0 Å². The summed E-state index contributed by atoms with van der Waals surface area (Å²) in [4.78, 5) is 33.3. The number of nitrogens with zero attached hydrogens (tertiary/aromatic N) is 1. The van der Waals surface area contributed by atoms with Crippen molar-refractivity contribution in [3.63, 3.8) is 0 Å². The van der Waals surface area contributed by atoms with Gasteiger partial charge in [-0.3, -0.25) is 14.9 Å². The Balaban J connectivity index is 2.15. The summed E-state index contributed by atoms with van der Waals surface area (Å²) in [6, 6.07) is 2.22. The molecular formula is C13H16N2O6. The Morgan fingerprint density at radius 2 is 2.05 bits per heavy atom. The Morgan fingerprint density at radius 3 is 2.52 bits per heavy atom. The molecule has 1 aliphatic rings. The largest absolute Gasteiger partial charge is 0.480 e. The first-order valence-corrected chi connectivity index (χ1v) is 6.64. The molecule has 0 bridgehead atoms. The zero-order valence-electron chi connectivity index (χ0n) is 11.5. The molecule has 114 valence electrons. The van der Waals surface area contributed by atoms with Gasteiger partial charge in [-0.25, -0.2) is 4.79 Å². The van der Waals surface area contributed by atoms with Crippen LogP contribution < -0.4 is 5.32 Å². The average molecular weight is 296 g/mol. The lowest BCUT2D eigenvalue weighted by atomic mass is 9.77. The molecule has 8 heteroatoms. The predicted molar refractivity (Wildman–Crippen MR) is 70.8 cm³/mol. The first-order chi connectivity index (χ1) is 9.84. The topological polar surface area (TPSA) is 123 Å². The molecule has 0 atom stereocenters. The van der Waals surface area contributed by atoms with E-state index in [-0.39, 0.29) is 5.76 Å². The van der Waals surface area contributed by atoms with Gasteiger partial charge in [0.05, 0.1) is 6.07 Å². The van der Waals surface area contributed by atoms with Gasteiger partial charge in [-0.2, -0.15) is 0 Å². The molecule has 21 heavy (non-hydrogen) atoms. The van der Waals surface area contributed by atoms with E-state index < -0.39 is 28.2 Å². The van der Waals surface area contributed by atoms with Gasteiger partial charge in [0.25, 0.3) is 5.91 Å². The quantitative estimate of drug-likeness (QED) is 0.646. The number of aliphatic carboxylic acids is 1. The Morgan fingerprint density at radius 1 is 1.43 bits per heavy atom. The Hall–Kier alpha value is -2.38. The van der Waals surface area contributed by atoms with Gasteiger partial charge in [0.15, 0.2) is 5.76 Å². The normalized spacial score (nSPS) is 25.3. The summed E-state index contributed by atoms with van der Waals surface area (Å²) in [7, 11) is 0. The SMILES string of the molecule is CC1CCC(NC(=O)c2ccc([N+](=O)[O-])o2)(C(=O)O)CC1. The Labute approximate surface area is 120 Å². The van der Waals surface area contributed by atoms with Gasteiger partial charge in [-0.15, -0.1) is 0 Å². The molecule has 2 N–H and O–H groups in total. The number of nitro groups is 1. The van der Waals surface area contributed by atoms with Crippen molar-refractivity contribution in [1.82, 2.24) is 5.32 Å². The van der Waals surface area contributed by atoms with Crippen molar-refractivity contribution in [2.45, 2.75) is 38.1 Å². The van der Waals surface area contributed by atoms with Crippen molar-refractivity contribution in [2.75, 3.05) is 0 Å². The Bertz CT molecular complexity index is 571. The standard InChI is InChI=1S/C13H16N2O6/c1-8-4-6-13(7-5-8,12(17)18)14-11(16)9-2-3-10(21-9)15(19)20/h2-3,8H,4-7H2,1H3,(H,14,16)(H,17,18). The average Bonchev–Trinajstić information content (AvgIpc) is 2.91. The highest BCUT2D eigenvalue weighted by atomic mass is 16.6. The monoisotopic (exact) mass is 296 g/mol. The third-order valence-corrected chi connectivity index (χ3v) is 3.89. The number of hydrogen-bond donors (Lipinski definition) is 2. The minimum absolute atomic E-state index is 0.263. The summed E-state index contributed by atoms with van der Waals surface area (Å²) < 4.78 is 4.79. The number of nitrogens with one attached hydrogen (secondary N) is 1. The van der Waals surface area contributed by atoms with E-state index in [2.05, 4.69) is 5.32 Å². The van der Waals surface area contributed by atoms with Gasteiger partial charge < -0.3 is 14.8 Å². The zero-order chi connectivity index (χ0) is 15.6. The van der Waals surface area contributed by atoms with E-state index in [4.69, 9.17) is 4.42 Å². The van der Waals surface area contributed by atoms with Gasteiger partial charge in [-0.1, -0.05) is 6.92 Å². The summed E-state index contributed by atoms with van der Waals surface area (Å²) in [6.07, 6.45) is 2.06. The van der Waals surface area contributed by atoms with E-state index in [0.29, 0.717) is 31.6 Å². The highest BCUT2D eigenvalue weighted by Crippen LogP contribution is 2.32. The van der Waals surface area contributed by atoms with E-state index in [0.717, 1.165) is 12.1 Å². The van der Waals surface area contributed by atoms with Crippen LogP contribution in [0.2, 0.25) is 0 Å². The molecule has 8 nitrogen and oxygen atoms in total. The van der Waals surface area contributed by atoms with Crippen LogP contribution in [0.3, 0.4) is 0 Å². The van der Waals surface area contributed by atoms with Crippen molar-refractivity contribution in [2.24, 2.45) is 5.92 Å². The van der Waals surface area contributed by atoms with Crippen molar-refractivity contribution in [3.8, 4) is 0 Å². The molecule has 1 saturated carbocycles. The van der Waals surface area contributed by atoms with Crippen LogP contribution in [0.1, 0.15) is 43.2 Å². The third-order valence-electron chi connectivity index (χ3n) is 3.89. The summed E-state index contributed by atoms with van der Waals surface area (Å²) >= 11 is 0. The number of amides is 1. The van der Waals surface area contributed by atoms with Crippen LogP contribution >= 0.6 is 0 Å². The maximum atomic E-state index is 12.0. The molecular weight excluding hydrogens is 280 g/mol. The highest BCUT2D eigenvalue weighted by Gasteiger charge is 2.43. The molecule has 0 aliphatic heterocycles. The maximum absolute atomic E-state index is 12.0. The first kappa shape index (κ1) is 15.0. The second-order valence-corrected chi connectivity index (χ2v) is 5.42. The molecule has 2 rings (SSSR count). The molecule has 0 spiro atoms. The number of furan rings is 1. The molecule has 1 aromatic heterocycles. The van der Waals surface area contributed by atoms with Crippen molar-refractivity contribution in [3.05, 3.63) is 28.0 Å². The molecule has 0 unspecified atom stereocenters. The van der Waals surface area contributed by atoms with Crippen molar-refractivity contribution in [1.29, 1.82) is 0 Å². The van der Waals surface area contributed by atoms with E-state index >= 15 is 0 Å². The fourth-order valence-corrected chi connectivity index (χ4v) is 2.47. The third kappa shape index (κ3) is 3.04. The van der Waals surface area contributed by atoms with Gasteiger partial charge in [0.1, 0.15) is 10.5 Å². The van der Waals surface area contributed by atoms with Crippen LogP contribution in [0.4, 0.5) is 5.88 Å². The second-order valence-electron chi connectivity index (χ2n) is 5.42. The summed E-state index contributed by atoms with van der Waals surface area (Å²) in [6.45, 7) is 2.03. The van der Waals surface area contributed by atoms with Crippen molar-refractivity contribution >= 4 is 17.8 Å². The Kier molecular flexibility index (Phi) is 3.97. The van der Waals surface area contributed by atoms with Crippen LogP contribution in [0.15, 0.2) is 16.5 Å². The van der Waals surface area contributed by atoms with E-state index in [9.17, 15) is 24.8 Å². The van der Waals surface area contributed by atoms with E-state index in [1.165, 1.54) is 0 Å². The van der Waals surface area contributed by atoms with Crippen LogP contribution in [0.25, 0.3) is 0 Å². The molecule has 0 radical (unpaired) electrons. The van der Waals surface area contributed by atoms with Crippen molar-refractivity contribution < 1.29 is 24.0 Å². The lowest BCUT2D eigenvalue weighted by Crippen LogP contribution is -2.56. The van der Waals surface area contributed by atoms with Crippen LogP contribution in [0, 0.1) is 16.0 Å². The molecule has 0 saturated heterocycles. The smallest absolute Gasteiger partial charge is 0.433 e. The highest BCUT2D eigenvalue weighted by molar-refractivity contribution is 5.96. The first-order valence-electron chi connectivity index (χ1n) is 6.64. The van der Waals surface area contributed by atoms with Gasteiger partial charge in [0, 0.05) is 0 Å². The number of hydrogen-bond acceptors (Lipinski definition) is 5. The number of carboxylic acids is 1. The van der Waals surface area contributed by atoms with Gasteiger partial charge in [0.2, 0.25) is 0 Å². The molecule has 1 heterocycles. The molecule has 0 aromatic carbocycles. The lowest BCUT2D eigenvalue weighted by Gasteiger charge is -2.36. The zero-order valence-corrected chi connectivity index (χ0v) is 11.5. The minimum Gasteiger partial charge on any atom is -0.480 e. The minimum atomic E-state index is -1.33. The molecule has 1 aromatic rings. The lowest BCUT2D eigenvalue weighted by molar-refractivity contribution is -0.402. The molecule has 1 amide bonds. The summed E-state index contributed by atoms with van der Waals surface area (Å²) in [5, 5.41) is 22.4. The van der Waals surface area contributed by atoms with E-state index in [1.807, 2.05) is 6.92 Å². The number of rotatable bonds is 4. The van der Waals surface area contributed by atoms with Crippen LogP contribution in [-0.4, -0.2) is 27.4 Å². The van der Waals surface area contributed by atoms with Crippen LogP contribution in [-0.2, 0) is 4.79 Å². The predicted octanol–water partition coefficient (Wildman–Crippen LogP) is 1.95. The van der Waals surface area contributed by atoms with Gasteiger partial charge >= 0.3 is 11.9 Å². The maximum Gasteiger partial charge on any atom is 0.433 e. The number of carboxylic acid groups (broad SMARTS) is 1. The second kappa shape index (κ2) is 5.55. The number of carbonyl (C=O) groups is 2. The van der Waals surface area contributed by atoms with Crippen LogP contribution in [0.5, 0.6) is 0 Å². The summed E-state index contributed by atoms with van der Waals surface area (Å²) in [5.74, 6) is -2.24. The summed E-state index contributed by atoms with van der Waals surface area (Å²) in [5.41, 5.74) is -1.33. The number of carbonyl (C=O) groups excluding carboxylic acids is 1. The molecule has 1 fully saturated rings. The van der Waals surface area contributed by atoms with Gasteiger partial charge in [-0.05, 0) is 37.7 Å². The fourth-order valence-electron chi connectivity index (χ4n) is 2.47. The molecule has 1 aliphatic carbocycles.